The second-order valence-corrected chi connectivity index (χ2v) is 10.7. The number of rotatable bonds is 13. The molecule has 2 aliphatic rings. The minimum atomic E-state index is -0.283. The van der Waals surface area contributed by atoms with Crippen molar-refractivity contribution in [3.05, 3.63) is 48.0 Å². The van der Waals surface area contributed by atoms with Gasteiger partial charge in [0.05, 0.1) is 0 Å². The fraction of sp³-hybridized carbons (Fsp3) is 0.633. The topological polar surface area (TPSA) is 54.0 Å². The van der Waals surface area contributed by atoms with Gasteiger partial charge in [0.2, 0.25) is 5.91 Å². The molecule has 0 spiro atoms. The molecule has 4 rings (SSSR count). The molecule has 0 aliphatic carbocycles. The molecule has 2 aliphatic heterocycles. The summed E-state index contributed by atoms with van der Waals surface area (Å²) in [7, 11) is 0. The van der Waals surface area contributed by atoms with Crippen molar-refractivity contribution in [3.63, 3.8) is 0 Å². The predicted molar refractivity (Wildman–Crippen MR) is 146 cm³/mol. The molecule has 6 heteroatoms. The van der Waals surface area contributed by atoms with Crippen LogP contribution < -0.4 is 5.48 Å². The SMILES string of the molecule is CC(C)N1CCC(N(CCCCCC(=O)NOC2CCCCO2)CCc2cccc3ccccc23)C1. The summed E-state index contributed by atoms with van der Waals surface area (Å²) in [5.74, 6) is -0.0413. The first kappa shape index (κ1) is 27.1. The van der Waals surface area contributed by atoms with E-state index in [2.05, 4.69) is 71.6 Å². The van der Waals surface area contributed by atoms with E-state index in [1.165, 1.54) is 29.3 Å². The number of hydrogen-bond donors (Lipinski definition) is 1. The third-order valence-electron chi connectivity index (χ3n) is 7.78. The van der Waals surface area contributed by atoms with Crippen molar-refractivity contribution >= 4 is 16.7 Å². The lowest BCUT2D eigenvalue weighted by molar-refractivity contribution is -0.200. The lowest BCUT2D eigenvalue weighted by Crippen LogP contribution is -2.40. The Bertz CT molecular complexity index is 939. The second-order valence-electron chi connectivity index (χ2n) is 10.7. The number of fused-ring (bicyclic) bond motifs is 1. The largest absolute Gasteiger partial charge is 0.350 e. The van der Waals surface area contributed by atoms with Crippen LogP contribution in [0.1, 0.15) is 70.8 Å². The maximum absolute atomic E-state index is 12.2. The highest BCUT2D eigenvalue weighted by Gasteiger charge is 2.28. The number of amides is 1. The Hall–Kier alpha value is -1.99. The maximum atomic E-state index is 12.2. The molecule has 2 heterocycles. The van der Waals surface area contributed by atoms with E-state index < -0.39 is 0 Å². The van der Waals surface area contributed by atoms with Crippen LogP contribution in [0.4, 0.5) is 0 Å². The van der Waals surface area contributed by atoms with E-state index in [0.717, 1.165) is 64.6 Å². The predicted octanol–water partition coefficient (Wildman–Crippen LogP) is 5.30. The van der Waals surface area contributed by atoms with Gasteiger partial charge in [-0.1, -0.05) is 48.9 Å². The molecule has 1 amide bonds. The monoisotopic (exact) mass is 495 g/mol. The molecule has 0 aromatic heterocycles. The average Bonchev–Trinajstić information content (AvgIpc) is 3.40. The number of nitrogens with zero attached hydrogens (tertiary/aromatic N) is 2. The highest BCUT2D eigenvalue weighted by molar-refractivity contribution is 5.85. The van der Waals surface area contributed by atoms with Crippen molar-refractivity contribution < 1.29 is 14.4 Å². The average molecular weight is 496 g/mol. The van der Waals surface area contributed by atoms with E-state index in [1.807, 2.05) is 0 Å². The van der Waals surface area contributed by atoms with Crippen LogP contribution in [-0.4, -0.2) is 66.9 Å². The van der Waals surface area contributed by atoms with Gasteiger partial charge in [-0.15, -0.1) is 0 Å². The Kier molecular flexibility index (Phi) is 10.6. The Labute approximate surface area is 217 Å². The van der Waals surface area contributed by atoms with Crippen LogP contribution in [0.3, 0.4) is 0 Å². The Morgan fingerprint density at radius 2 is 1.94 bits per heavy atom. The summed E-state index contributed by atoms with van der Waals surface area (Å²) in [5, 5.41) is 2.70. The summed E-state index contributed by atoms with van der Waals surface area (Å²) in [6.07, 6.45) is 8.62. The van der Waals surface area contributed by atoms with Crippen molar-refractivity contribution in [1.82, 2.24) is 15.3 Å². The zero-order valence-corrected chi connectivity index (χ0v) is 22.3. The second kappa shape index (κ2) is 14.1. The third kappa shape index (κ3) is 8.01. The number of hydrogen-bond acceptors (Lipinski definition) is 5. The fourth-order valence-electron chi connectivity index (χ4n) is 5.55. The van der Waals surface area contributed by atoms with Crippen LogP contribution in [0.5, 0.6) is 0 Å². The normalized spacial score (nSPS) is 21.0. The van der Waals surface area contributed by atoms with Gasteiger partial charge >= 0.3 is 0 Å². The van der Waals surface area contributed by atoms with E-state index >= 15 is 0 Å². The number of ether oxygens (including phenoxy) is 1. The summed E-state index contributed by atoms with van der Waals surface area (Å²) < 4.78 is 5.50. The van der Waals surface area contributed by atoms with E-state index in [1.54, 1.807) is 0 Å². The van der Waals surface area contributed by atoms with E-state index in [9.17, 15) is 4.79 Å². The summed E-state index contributed by atoms with van der Waals surface area (Å²) in [5.41, 5.74) is 4.03. The molecule has 0 radical (unpaired) electrons. The fourth-order valence-corrected chi connectivity index (χ4v) is 5.55. The summed E-state index contributed by atoms with van der Waals surface area (Å²) in [6.45, 7) is 9.85. The first-order valence-electron chi connectivity index (χ1n) is 14.1. The smallest absolute Gasteiger partial charge is 0.243 e. The first-order valence-corrected chi connectivity index (χ1v) is 14.1. The number of hydroxylamine groups is 1. The van der Waals surface area contributed by atoms with E-state index in [0.29, 0.717) is 25.1 Å². The van der Waals surface area contributed by atoms with Gasteiger partial charge in [-0.2, -0.15) is 0 Å². The zero-order valence-electron chi connectivity index (χ0n) is 22.3. The molecule has 2 fully saturated rings. The molecule has 2 atom stereocenters. The number of unbranched alkanes of at least 4 members (excludes halogenated alkanes) is 2. The van der Waals surface area contributed by atoms with Gasteiger partial charge in [0.25, 0.3) is 0 Å². The van der Waals surface area contributed by atoms with E-state index in [4.69, 9.17) is 9.57 Å². The summed E-state index contributed by atoms with van der Waals surface area (Å²) >= 11 is 0. The van der Waals surface area contributed by atoms with Crippen LogP contribution in [0, 0.1) is 0 Å². The lowest BCUT2D eigenvalue weighted by atomic mass is 10.0. The van der Waals surface area contributed by atoms with Crippen molar-refractivity contribution in [2.24, 2.45) is 0 Å². The molecule has 6 nitrogen and oxygen atoms in total. The van der Waals surface area contributed by atoms with Crippen molar-refractivity contribution in [3.8, 4) is 0 Å². The van der Waals surface area contributed by atoms with Crippen LogP contribution in [0.25, 0.3) is 10.8 Å². The van der Waals surface area contributed by atoms with Gasteiger partial charge in [0.1, 0.15) is 0 Å². The molecule has 2 aromatic rings. The van der Waals surface area contributed by atoms with Crippen molar-refractivity contribution in [2.45, 2.75) is 90.0 Å². The summed E-state index contributed by atoms with van der Waals surface area (Å²) in [4.78, 5) is 22.9. The summed E-state index contributed by atoms with van der Waals surface area (Å²) in [6, 6.07) is 16.6. The Morgan fingerprint density at radius 3 is 2.75 bits per heavy atom. The van der Waals surface area contributed by atoms with Crippen LogP contribution >= 0.6 is 0 Å². The third-order valence-corrected chi connectivity index (χ3v) is 7.78. The van der Waals surface area contributed by atoms with Gasteiger partial charge < -0.3 is 4.74 Å². The minimum absolute atomic E-state index is 0.0413. The molecule has 2 saturated heterocycles. The van der Waals surface area contributed by atoms with E-state index in [-0.39, 0.29) is 12.2 Å². The van der Waals surface area contributed by atoms with Gasteiger partial charge in [-0.25, -0.2) is 10.3 Å². The lowest BCUT2D eigenvalue weighted by Gasteiger charge is -2.30. The van der Waals surface area contributed by atoms with Gasteiger partial charge in [0, 0.05) is 51.2 Å². The maximum Gasteiger partial charge on any atom is 0.243 e. The zero-order chi connectivity index (χ0) is 25.2. The minimum Gasteiger partial charge on any atom is -0.350 e. The molecular formula is C30H45N3O3. The molecular weight excluding hydrogens is 450 g/mol. The van der Waals surface area contributed by atoms with Crippen LogP contribution in [-0.2, 0) is 20.8 Å². The molecule has 0 bridgehead atoms. The Morgan fingerprint density at radius 1 is 1.08 bits per heavy atom. The molecule has 198 valence electrons. The molecule has 36 heavy (non-hydrogen) atoms. The highest BCUT2D eigenvalue weighted by Crippen LogP contribution is 2.22. The van der Waals surface area contributed by atoms with Crippen LogP contribution in [0.2, 0.25) is 0 Å². The highest BCUT2D eigenvalue weighted by atomic mass is 16.8. The number of benzene rings is 2. The molecule has 2 unspecified atom stereocenters. The number of likely N-dealkylation sites (tertiary alicyclic amines) is 1. The standard InChI is InChI=1S/C30H45N3O3/c1-24(2)33-21-18-27(23-33)32(20-17-26-13-10-12-25-11-5-6-14-28(25)26)19-8-3-4-15-29(34)31-36-30-16-7-9-22-35-30/h5-6,10-14,24,27,30H,3-4,7-9,15-23H2,1-2H3,(H,31,34). The van der Waals surface area contributed by atoms with Crippen LogP contribution in [0.15, 0.2) is 42.5 Å². The molecule has 0 saturated carbocycles. The molecule has 1 N–H and O–H groups in total. The van der Waals surface area contributed by atoms with Crippen molar-refractivity contribution in [1.29, 1.82) is 0 Å². The van der Waals surface area contributed by atoms with Gasteiger partial charge in [-0.05, 0) is 75.3 Å². The number of nitrogens with one attached hydrogen (secondary N) is 1. The van der Waals surface area contributed by atoms with Gasteiger partial charge in [-0.3, -0.25) is 14.6 Å². The Balaban J connectivity index is 1.23. The number of carbonyl (C=O) groups excluding carboxylic acids is 1. The van der Waals surface area contributed by atoms with Crippen molar-refractivity contribution in [2.75, 3.05) is 32.8 Å². The first-order chi connectivity index (χ1) is 17.6. The van der Waals surface area contributed by atoms with Gasteiger partial charge in [0.15, 0.2) is 6.29 Å². The number of carbonyl (C=O) groups is 1. The molecule has 2 aromatic carbocycles. The quantitative estimate of drug-likeness (QED) is 0.302.